The van der Waals surface area contributed by atoms with Crippen LogP contribution in [0.1, 0.15) is 5.56 Å². The third-order valence-electron chi connectivity index (χ3n) is 5.38. The van der Waals surface area contributed by atoms with Crippen LogP contribution in [-0.4, -0.2) is 52.6 Å². The van der Waals surface area contributed by atoms with Gasteiger partial charge in [0.05, 0.1) is 23.0 Å². The van der Waals surface area contributed by atoms with Crippen molar-refractivity contribution in [2.75, 3.05) is 41.9 Å². The van der Waals surface area contributed by atoms with Gasteiger partial charge in [-0.05, 0) is 68.8 Å². The van der Waals surface area contributed by atoms with Gasteiger partial charge in [-0.15, -0.1) is 0 Å². The highest BCUT2D eigenvalue weighted by atomic mass is 127. The average molecular weight is 693 g/mol. The van der Waals surface area contributed by atoms with Gasteiger partial charge in [-0.1, -0.05) is 36.4 Å². The van der Waals surface area contributed by atoms with Gasteiger partial charge >= 0.3 is 0 Å². The van der Waals surface area contributed by atoms with Gasteiger partial charge in [0.1, 0.15) is 5.75 Å². The predicted octanol–water partition coefficient (Wildman–Crippen LogP) is 4.97. The van der Waals surface area contributed by atoms with Crippen LogP contribution in [0, 0.1) is 7.14 Å². The van der Waals surface area contributed by atoms with Crippen LogP contribution in [0.2, 0.25) is 0 Å². The van der Waals surface area contributed by atoms with E-state index in [-0.39, 0.29) is 5.75 Å². The lowest BCUT2D eigenvalue weighted by atomic mass is 10.1. The van der Waals surface area contributed by atoms with Crippen molar-refractivity contribution in [3.05, 3.63) is 67.3 Å². The number of ether oxygens (including phenoxy) is 1. The molecule has 1 aliphatic rings. The summed E-state index contributed by atoms with van der Waals surface area (Å²) in [5.41, 5.74) is 4.40. The van der Waals surface area contributed by atoms with Gasteiger partial charge < -0.3 is 20.1 Å². The number of nitrogens with one attached hydrogen (secondary N) is 2. The van der Waals surface area contributed by atoms with Crippen molar-refractivity contribution >= 4 is 85.7 Å². The van der Waals surface area contributed by atoms with Crippen LogP contribution in [-0.2, 0) is 4.74 Å². The third kappa shape index (κ3) is 5.73. The second kappa shape index (κ2) is 10.9. The molecule has 0 unspecified atom stereocenters. The maximum absolute atomic E-state index is 10.3. The van der Waals surface area contributed by atoms with E-state index in [0.29, 0.717) is 49.7 Å². The number of nitrogens with zero attached hydrogens (tertiary/aromatic N) is 5. The minimum absolute atomic E-state index is 0.180. The van der Waals surface area contributed by atoms with Crippen molar-refractivity contribution in [2.45, 2.75) is 0 Å². The summed E-state index contributed by atoms with van der Waals surface area (Å²) in [7, 11) is 0. The summed E-state index contributed by atoms with van der Waals surface area (Å²) in [6.45, 7) is 2.61. The van der Waals surface area contributed by atoms with Crippen LogP contribution < -0.4 is 15.6 Å². The first-order chi connectivity index (χ1) is 17.1. The third-order valence-corrected chi connectivity index (χ3v) is 6.82. The van der Waals surface area contributed by atoms with Gasteiger partial charge in [0.15, 0.2) is 0 Å². The Morgan fingerprint density at radius 1 is 0.971 bits per heavy atom. The summed E-state index contributed by atoms with van der Waals surface area (Å²) in [4.78, 5) is 15.8. The highest BCUT2D eigenvalue weighted by Gasteiger charge is 2.17. The highest BCUT2D eigenvalue weighted by molar-refractivity contribution is 14.1. The van der Waals surface area contributed by atoms with Crippen LogP contribution in [0.3, 0.4) is 0 Å². The van der Waals surface area contributed by atoms with E-state index in [0.717, 1.165) is 23.6 Å². The minimum atomic E-state index is 0.180. The van der Waals surface area contributed by atoms with Gasteiger partial charge in [0.2, 0.25) is 17.8 Å². The molecule has 0 bridgehead atoms. The molecule has 178 valence electrons. The summed E-state index contributed by atoms with van der Waals surface area (Å²) < 4.78 is 7.24. The number of phenols is 1. The van der Waals surface area contributed by atoms with E-state index in [1.807, 2.05) is 36.4 Å². The molecule has 1 saturated heterocycles. The normalized spacial score (nSPS) is 13.9. The van der Waals surface area contributed by atoms with Crippen LogP contribution >= 0.6 is 45.2 Å². The maximum Gasteiger partial charge on any atom is 0.250 e. The summed E-state index contributed by atoms with van der Waals surface area (Å²) in [6.07, 6.45) is 1.55. The fraction of sp³-hybridized carbons (Fsp3) is 0.167. The van der Waals surface area contributed by atoms with E-state index in [9.17, 15) is 5.11 Å². The van der Waals surface area contributed by atoms with Gasteiger partial charge in [-0.25, -0.2) is 5.43 Å². The van der Waals surface area contributed by atoms with Crippen LogP contribution in [0.25, 0.3) is 10.8 Å². The summed E-state index contributed by atoms with van der Waals surface area (Å²) in [5, 5.41) is 20.1. The molecule has 9 nitrogen and oxygen atoms in total. The molecule has 11 heteroatoms. The monoisotopic (exact) mass is 693 g/mol. The zero-order valence-electron chi connectivity index (χ0n) is 18.4. The first-order valence-corrected chi connectivity index (χ1v) is 13.0. The molecule has 0 atom stereocenters. The molecule has 0 radical (unpaired) electrons. The number of fused-ring (bicyclic) bond motifs is 1. The first-order valence-electron chi connectivity index (χ1n) is 10.9. The summed E-state index contributed by atoms with van der Waals surface area (Å²) >= 11 is 4.30. The van der Waals surface area contributed by atoms with Crippen LogP contribution in [0.4, 0.5) is 23.5 Å². The molecule has 4 aromatic rings. The molecule has 2 heterocycles. The molecule has 3 aromatic carbocycles. The van der Waals surface area contributed by atoms with Crippen molar-refractivity contribution in [1.82, 2.24) is 15.0 Å². The number of morpholine rings is 1. The molecule has 1 aliphatic heterocycles. The van der Waals surface area contributed by atoms with Crippen molar-refractivity contribution in [3.8, 4) is 5.75 Å². The molecule has 0 amide bonds. The Morgan fingerprint density at radius 3 is 2.60 bits per heavy atom. The van der Waals surface area contributed by atoms with Crippen LogP contribution in [0.5, 0.6) is 5.75 Å². The SMILES string of the molecule is Oc1c(I)cc(I)cc1/C=N/Nc1nc(Nc2cccc3ccccc23)nc(N2CCOCC2)n1. The molecule has 0 aliphatic carbocycles. The quantitative estimate of drug-likeness (QED) is 0.148. The molecular weight excluding hydrogens is 672 g/mol. The first kappa shape index (κ1) is 23.9. The smallest absolute Gasteiger partial charge is 0.250 e. The topological polar surface area (TPSA) is 108 Å². The molecule has 3 N–H and O–H groups in total. The van der Waals surface area contributed by atoms with E-state index < -0.39 is 0 Å². The van der Waals surface area contributed by atoms with Crippen molar-refractivity contribution in [1.29, 1.82) is 0 Å². The second-order valence-electron chi connectivity index (χ2n) is 7.73. The van der Waals surface area contributed by atoms with E-state index in [2.05, 4.69) is 99.1 Å². The second-order valence-corrected chi connectivity index (χ2v) is 10.1. The summed E-state index contributed by atoms with van der Waals surface area (Å²) in [5.74, 6) is 1.41. The number of hydrazone groups is 1. The zero-order valence-corrected chi connectivity index (χ0v) is 22.8. The number of hydrogen-bond donors (Lipinski definition) is 3. The Bertz CT molecular complexity index is 1390. The lowest BCUT2D eigenvalue weighted by molar-refractivity contribution is 0.122. The molecule has 35 heavy (non-hydrogen) atoms. The van der Waals surface area contributed by atoms with Gasteiger partial charge in [-0.3, -0.25) is 0 Å². The average Bonchev–Trinajstić information content (AvgIpc) is 2.87. The molecule has 0 saturated carbocycles. The number of phenolic OH excluding ortho intramolecular Hbond substituents is 1. The van der Waals surface area contributed by atoms with Gasteiger partial charge in [-0.2, -0.15) is 20.1 Å². The number of halogens is 2. The lowest BCUT2D eigenvalue weighted by Gasteiger charge is -2.27. The number of rotatable bonds is 6. The van der Waals surface area contributed by atoms with Crippen molar-refractivity contribution < 1.29 is 9.84 Å². The lowest BCUT2D eigenvalue weighted by Crippen LogP contribution is -2.37. The Kier molecular flexibility index (Phi) is 7.43. The standard InChI is InChI=1S/C24H21I2N7O2/c25-17-12-16(21(34)19(26)13-17)14-27-32-23-29-22(30-24(31-23)33-8-10-35-11-9-33)28-20-7-3-5-15-4-1-2-6-18(15)20/h1-7,12-14,34H,8-11H2,(H2,28,29,30,31,32)/b27-14+. The summed E-state index contributed by atoms with van der Waals surface area (Å²) in [6, 6.07) is 17.9. The minimum Gasteiger partial charge on any atom is -0.506 e. The van der Waals surface area contributed by atoms with E-state index in [1.54, 1.807) is 6.21 Å². The number of aromatic nitrogens is 3. The van der Waals surface area contributed by atoms with Crippen LogP contribution in [0.15, 0.2) is 59.7 Å². The fourth-order valence-electron chi connectivity index (χ4n) is 3.67. The van der Waals surface area contributed by atoms with E-state index in [1.165, 1.54) is 0 Å². The number of aromatic hydroxyl groups is 1. The number of hydrogen-bond acceptors (Lipinski definition) is 9. The van der Waals surface area contributed by atoms with Gasteiger partial charge in [0.25, 0.3) is 0 Å². The fourth-order valence-corrected chi connectivity index (χ4v) is 5.56. The van der Waals surface area contributed by atoms with Gasteiger partial charge in [0, 0.05) is 33.3 Å². The highest BCUT2D eigenvalue weighted by Crippen LogP contribution is 2.27. The number of anilines is 4. The molecule has 5 rings (SSSR count). The van der Waals surface area contributed by atoms with E-state index >= 15 is 0 Å². The molecule has 1 aromatic heterocycles. The van der Waals surface area contributed by atoms with Crippen molar-refractivity contribution in [3.63, 3.8) is 0 Å². The molecular formula is C24H21I2N7O2. The molecule has 1 fully saturated rings. The predicted molar refractivity (Wildman–Crippen MR) is 155 cm³/mol. The Labute approximate surface area is 229 Å². The Balaban J connectivity index is 1.45. The maximum atomic E-state index is 10.3. The largest absolute Gasteiger partial charge is 0.506 e. The molecule has 0 spiro atoms. The zero-order chi connectivity index (χ0) is 24.2. The Morgan fingerprint density at radius 2 is 1.74 bits per heavy atom. The number of benzene rings is 3. The van der Waals surface area contributed by atoms with E-state index in [4.69, 9.17) is 4.74 Å². The Hall–Kier alpha value is -2.78. The van der Waals surface area contributed by atoms with Crippen molar-refractivity contribution in [2.24, 2.45) is 5.10 Å².